The second kappa shape index (κ2) is 6.06. The molecule has 1 unspecified atom stereocenters. The molecule has 0 bridgehead atoms. The molecule has 1 aromatic carbocycles. The van der Waals surface area contributed by atoms with Crippen LogP contribution in [0.3, 0.4) is 0 Å². The van der Waals surface area contributed by atoms with Crippen molar-refractivity contribution in [1.29, 1.82) is 5.41 Å². The highest BCUT2D eigenvalue weighted by atomic mass is 16.5. The number of nitrogen functional groups attached to an aromatic ring is 1. The van der Waals surface area contributed by atoms with Crippen molar-refractivity contribution in [2.24, 2.45) is 11.7 Å². The molecule has 0 aliphatic carbocycles. The molecule has 1 aliphatic rings. The molecule has 19 heavy (non-hydrogen) atoms. The highest BCUT2D eigenvalue weighted by Gasteiger charge is 2.20. The first kappa shape index (κ1) is 13.9. The molecular formula is C15H23N3O. The van der Waals surface area contributed by atoms with Gasteiger partial charge in [-0.2, -0.15) is 0 Å². The lowest BCUT2D eigenvalue weighted by Gasteiger charge is -2.34. The van der Waals surface area contributed by atoms with E-state index in [1.165, 1.54) is 18.5 Å². The van der Waals surface area contributed by atoms with Gasteiger partial charge in [0.25, 0.3) is 0 Å². The summed E-state index contributed by atoms with van der Waals surface area (Å²) in [4.78, 5) is 2.41. The van der Waals surface area contributed by atoms with Gasteiger partial charge in [0.2, 0.25) is 0 Å². The average molecular weight is 261 g/mol. The molecule has 1 fully saturated rings. The first-order chi connectivity index (χ1) is 9.11. The molecule has 4 heteroatoms. The summed E-state index contributed by atoms with van der Waals surface area (Å²) in [7, 11) is 1.77. The fraction of sp³-hybridized carbons (Fsp3) is 0.533. The third-order valence-corrected chi connectivity index (χ3v) is 3.79. The summed E-state index contributed by atoms with van der Waals surface area (Å²) in [5, 5.41) is 7.53. The number of methoxy groups -OCH3 is 1. The normalized spacial score (nSPS) is 19.5. The minimum Gasteiger partial charge on any atom is -0.384 e. The number of benzene rings is 1. The molecule has 1 heterocycles. The summed E-state index contributed by atoms with van der Waals surface area (Å²) >= 11 is 0. The van der Waals surface area contributed by atoms with Crippen LogP contribution in [0.25, 0.3) is 0 Å². The van der Waals surface area contributed by atoms with Crippen LogP contribution in [-0.4, -0.2) is 32.6 Å². The standard InChI is InChI=1S/C15H23N3O/c1-11-8-13(5-6-14(11)15(16)17)18-7-3-4-12(9-18)10-19-2/h5-6,8,12H,3-4,7,9-10H2,1-2H3,(H3,16,17). The number of nitrogens with two attached hydrogens (primary N) is 1. The molecule has 0 aromatic heterocycles. The van der Waals surface area contributed by atoms with Gasteiger partial charge in [-0.05, 0) is 49.4 Å². The Kier molecular flexibility index (Phi) is 4.43. The van der Waals surface area contributed by atoms with E-state index < -0.39 is 0 Å². The largest absolute Gasteiger partial charge is 0.384 e. The van der Waals surface area contributed by atoms with Crippen LogP contribution >= 0.6 is 0 Å². The van der Waals surface area contributed by atoms with Crippen molar-refractivity contribution in [3.8, 4) is 0 Å². The minimum atomic E-state index is 0.139. The summed E-state index contributed by atoms with van der Waals surface area (Å²) in [6.07, 6.45) is 2.45. The maximum atomic E-state index is 7.53. The van der Waals surface area contributed by atoms with Gasteiger partial charge in [-0.3, -0.25) is 5.41 Å². The number of amidine groups is 1. The van der Waals surface area contributed by atoms with Crippen molar-refractivity contribution in [1.82, 2.24) is 0 Å². The lowest BCUT2D eigenvalue weighted by Crippen LogP contribution is -2.37. The first-order valence-electron chi connectivity index (χ1n) is 6.80. The minimum absolute atomic E-state index is 0.139. The zero-order valence-corrected chi connectivity index (χ0v) is 11.8. The fourth-order valence-corrected chi connectivity index (χ4v) is 2.82. The zero-order valence-electron chi connectivity index (χ0n) is 11.8. The van der Waals surface area contributed by atoms with E-state index in [0.717, 1.165) is 30.8 Å². The Morgan fingerprint density at radius 3 is 2.95 bits per heavy atom. The SMILES string of the molecule is COCC1CCCN(c2ccc(C(=N)N)c(C)c2)C1. The Hall–Kier alpha value is -1.55. The molecule has 1 aromatic rings. The Morgan fingerprint density at radius 2 is 2.32 bits per heavy atom. The average Bonchev–Trinajstić information content (AvgIpc) is 2.39. The maximum absolute atomic E-state index is 7.53. The molecule has 4 nitrogen and oxygen atoms in total. The first-order valence-corrected chi connectivity index (χ1v) is 6.80. The Morgan fingerprint density at radius 1 is 1.53 bits per heavy atom. The molecule has 1 saturated heterocycles. The highest BCUT2D eigenvalue weighted by molar-refractivity contribution is 5.96. The fourth-order valence-electron chi connectivity index (χ4n) is 2.82. The molecule has 2 rings (SSSR count). The van der Waals surface area contributed by atoms with Gasteiger partial charge in [-0.15, -0.1) is 0 Å². The molecule has 1 atom stereocenters. The second-order valence-corrected chi connectivity index (χ2v) is 5.32. The summed E-state index contributed by atoms with van der Waals surface area (Å²) in [6.45, 7) is 4.99. The molecule has 0 saturated carbocycles. The van der Waals surface area contributed by atoms with Gasteiger partial charge in [0.05, 0.1) is 6.61 Å². The van der Waals surface area contributed by atoms with Gasteiger partial charge < -0.3 is 15.4 Å². The lowest BCUT2D eigenvalue weighted by atomic mass is 9.97. The van der Waals surface area contributed by atoms with Crippen LogP contribution in [0.15, 0.2) is 18.2 Å². The number of nitrogens with zero attached hydrogens (tertiary/aromatic N) is 1. The number of hydrogen-bond acceptors (Lipinski definition) is 3. The molecular weight excluding hydrogens is 238 g/mol. The summed E-state index contributed by atoms with van der Waals surface area (Å²) < 4.78 is 5.27. The number of nitrogens with one attached hydrogen (secondary N) is 1. The summed E-state index contributed by atoms with van der Waals surface area (Å²) in [6, 6.07) is 6.15. The van der Waals surface area contributed by atoms with E-state index in [2.05, 4.69) is 17.0 Å². The Labute approximate surface area is 115 Å². The van der Waals surface area contributed by atoms with Crippen LogP contribution in [0, 0.1) is 18.3 Å². The van der Waals surface area contributed by atoms with Crippen LogP contribution in [0.4, 0.5) is 5.69 Å². The molecule has 0 radical (unpaired) electrons. The van der Waals surface area contributed by atoms with Crippen LogP contribution in [0.1, 0.15) is 24.0 Å². The van der Waals surface area contributed by atoms with Crippen LogP contribution in [0.5, 0.6) is 0 Å². The van der Waals surface area contributed by atoms with Gasteiger partial charge in [0.1, 0.15) is 5.84 Å². The van der Waals surface area contributed by atoms with Crippen LogP contribution in [0.2, 0.25) is 0 Å². The van der Waals surface area contributed by atoms with Crippen molar-refractivity contribution in [3.63, 3.8) is 0 Å². The second-order valence-electron chi connectivity index (χ2n) is 5.32. The van der Waals surface area contributed by atoms with Gasteiger partial charge >= 0.3 is 0 Å². The van der Waals surface area contributed by atoms with Crippen molar-refractivity contribution in [3.05, 3.63) is 29.3 Å². The predicted molar refractivity (Wildman–Crippen MR) is 79.0 cm³/mol. The zero-order chi connectivity index (χ0) is 13.8. The number of hydrogen-bond donors (Lipinski definition) is 2. The number of rotatable bonds is 4. The molecule has 104 valence electrons. The molecule has 1 aliphatic heterocycles. The summed E-state index contributed by atoms with van der Waals surface area (Å²) in [5.74, 6) is 0.756. The van der Waals surface area contributed by atoms with Crippen molar-refractivity contribution >= 4 is 11.5 Å². The van der Waals surface area contributed by atoms with Gasteiger partial charge in [0.15, 0.2) is 0 Å². The number of aryl methyl sites for hydroxylation is 1. The molecule has 0 amide bonds. The third kappa shape index (κ3) is 3.26. The topological polar surface area (TPSA) is 62.3 Å². The lowest BCUT2D eigenvalue weighted by molar-refractivity contribution is 0.143. The number of ether oxygens (including phenoxy) is 1. The van der Waals surface area contributed by atoms with Gasteiger partial charge in [0, 0.05) is 31.5 Å². The quantitative estimate of drug-likeness (QED) is 0.645. The van der Waals surface area contributed by atoms with Crippen molar-refractivity contribution in [2.45, 2.75) is 19.8 Å². The smallest absolute Gasteiger partial charge is 0.123 e. The summed E-state index contributed by atoms with van der Waals surface area (Å²) in [5.41, 5.74) is 8.68. The van der Waals surface area contributed by atoms with Gasteiger partial charge in [-0.1, -0.05) is 0 Å². The van der Waals surface area contributed by atoms with E-state index in [9.17, 15) is 0 Å². The predicted octanol–water partition coefficient (Wildman–Crippen LogP) is 2.14. The van der Waals surface area contributed by atoms with Crippen molar-refractivity contribution < 1.29 is 4.74 Å². The van der Waals surface area contributed by atoms with E-state index >= 15 is 0 Å². The Balaban J connectivity index is 2.13. The van der Waals surface area contributed by atoms with Crippen LogP contribution in [-0.2, 0) is 4.74 Å². The Bertz CT molecular complexity index is 457. The third-order valence-electron chi connectivity index (χ3n) is 3.79. The monoisotopic (exact) mass is 261 g/mol. The molecule has 0 spiro atoms. The molecule has 3 N–H and O–H groups in total. The van der Waals surface area contributed by atoms with Crippen LogP contribution < -0.4 is 10.6 Å². The van der Waals surface area contributed by atoms with E-state index in [1.807, 2.05) is 13.0 Å². The number of anilines is 1. The van der Waals surface area contributed by atoms with E-state index in [-0.39, 0.29) is 5.84 Å². The van der Waals surface area contributed by atoms with E-state index in [4.69, 9.17) is 15.9 Å². The highest BCUT2D eigenvalue weighted by Crippen LogP contribution is 2.25. The van der Waals surface area contributed by atoms with E-state index in [0.29, 0.717) is 5.92 Å². The van der Waals surface area contributed by atoms with E-state index in [1.54, 1.807) is 7.11 Å². The number of piperidine rings is 1. The van der Waals surface area contributed by atoms with Crippen molar-refractivity contribution in [2.75, 3.05) is 31.7 Å². The van der Waals surface area contributed by atoms with Gasteiger partial charge in [-0.25, -0.2) is 0 Å². The maximum Gasteiger partial charge on any atom is 0.123 e.